The van der Waals surface area contributed by atoms with Crippen molar-refractivity contribution in [1.82, 2.24) is 10.2 Å². The number of hydrogen-bond donors (Lipinski definition) is 1. The lowest BCUT2D eigenvalue weighted by Crippen LogP contribution is -2.50. The molecule has 0 unspecified atom stereocenters. The highest BCUT2D eigenvalue weighted by molar-refractivity contribution is 5.78. The predicted molar refractivity (Wildman–Crippen MR) is 85.5 cm³/mol. The fraction of sp³-hybridized carbons (Fsp3) is 0.588. The fourth-order valence-electron chi connectivity index (χ4n) is 3.35. The summed E-state index contributed by atoms with van der Waals surface area (Å²) < 4.78 is 0. The standard InChI is InChI=1S/C17H25N3O/c21-17(18-15-6-4-5-7-15)14-19-10-12-20(13-11-19)16-8-2-1-3-9-16/h1-3,8-9,15H,4-7,10-14H2,(H,18,21). The van der Waals surface area contributed by atoms with Crippen molar-refractivity contribution >= 4 is 11.6 Å². The van der Waals surface area contributed by atoms with Crippen LogP contribution in [-0.2, 0) is 4.79 Å². The van der Waals surface area contributed by atoms with Crippen molar-refractivity contribution in [2.24, 2.45) is 0 Å². The zero-order chi connectivity index (χ0) is 14.5. The molecule has 1 N–H and O–H groups in total. The number of carbonyl (C=O) groups is 1. The highest BCUT2D eigenvalue weighted by Crippen LogP contribution is 2.18. The Balaban J connectivity index is 1.42. The van der Waals surface area contributed by atoms with Gasteiger partial charge in [-0.15, -0.1) is 0 Å². The van der Waals surface area contributed by atoms with Gasteiger partial charge in [0.2, 0.25) is 5.91 Å². The molecule has 114 valence electrons. The highest BCUT2D eigenvalue weighted by atomic mass is 16.2. The lowest BCUT2D eigenvalue weighted by Gasteiger charge is -2.35. The van der Waals surface area contributed by atoms with E-state index in [1.807, 2.05) is 6.07 Å². The third kappa shape index (κ3) is 3.97. The summed E-state index contributed by atoms with van der Waals surface area (Å²) in [6, 6.07) is 11.0. The molecule has 0 radical (unpaired) electrons. The monoisotopic (exact) mass is 287 g/mol. The molecule has 0 atom stereocenters. The van der Waals surface area contributed by atoms with E-state index in [0.29, 0.717) is 12.6 Å². The van der Waals surface area contributed by atoms with Gasteiger partial charge in [-0.1, -0.05) is 31.0 Å². The average Bonchev–Trinajstić information content (AvgIpc) is 3.02. The number of benzene rings is 1. The van der Waals surface area contributed by atoms with Gasteiger partial charge in [-0.25, -0.2) is 0 Å². The quantitative estimate of drug-likeness (QED) is 0.918. The topological polar surface area (TPSA) is 35.6 Å². The van der Waals surface area contributed by atoms with E-state index in [2.05, 4.69) is 39.4 Å². The maximum Gasteiger partial charge on any atom is 0.234 e. The second-order valence-corrected chi connectivity index (χ2v) is 6.15. The Hall–Kier alpha value is -1.55. The minimum atomic E-state index is 0.204. The van der Waals surface area contributed by atoms with Gasteiger partial charge >= 0.3 is 0 Å². The predicted octanol–water partition coefficient (Wildman–Crippen LogP) is 1.87. The Morgan fingerprint density at radius 2 is 1.71 bits per heavy atom. The van der Waals surface area contributed by atoms with E-state index in [4.69, 9.17) is 0 Å². The molecule has 1 aliphatic heterocycles. The largest absolute Gasteiger partial charge is 0.369 e. The number of piperazine rings is 1. The summed E-state index contributed by atoms with van der Waals surface area (Å²) in [6.45, 7) is 4.49. The number of anilines is 1. The van der Waals surface area contributed by atoms with E-state index in [9.17, 15) is 4.79 Å². The van der Waals surface area contributed by atoms with Gasteiger partial charge in [-0.05, 0) is 25.0 Å². The number of hydrogen-bond acceptors (Lipinski definition) is 3. The summed E-state index contributed by atoms with van der Waals surface area (Å²) in [5.74, 6) is 0.204. The smallest absolute Gasteiger partial charge is 0.234 e. The van der Waals surface area contributed by atoms with Crippen LogP contribution in [0.5, 0.6) is 0 Å². The first-order valence-electron chi connectivity index (χ1n) is 8.13. The highest BCUT2D eigenvalue weighted by Gasteiger charge is 2.21. The molecule has 0 spiro atoms. The minimum absolute atomic E-state index is 0.204. The molecular weight excluding hydrogens is 262 g/mol. The molecule has 1 aromatic rings. The molecule has 21 heavy (non-hydrogen) atoms. The zero-order valence-corrected chi connectivity index (χ0v) is 12.6. The third-order valence-corrected chi connectivity index (χ3v) is 4.58. The third-order valence-electron chi connectivity index (χ3n) is 4.58. The summed E-state index contributed by atoms with van der Waals surface area (Å²) in [6.07, 6.45) is 4.85. The molecule has 4 nitrogen and oxygen atoms in total. The van der Waals surface area contributed by atoms with Crippen LogP contribution in [0.15, 0.2) is 30.3 Å². The van der Waals surface area contributed by atoms with Gasteiger partial charge < -0.3 is 10.2 Å². The first kappa shape index (κ1) is 14.4. The number of carbonyl (C=O) groups excluding carboxylic acids is 1. The first-order valence-corrected chi connectivity index (χ1v) is 8.13. The summed E-state index contributed by atoms with van der Waals surface area (Å²) in [5.41, 5.74) is 1.28. The van der Waals surface area contributed by atoms with Gasteiger partial charge in [-0.2, -0.15) is 0 Å². The molecular formula is C17H25N3O. The summed E-state index contributed by atoms with van der Waals surface area (Å²) >= 11 is 0. The maximum atomic E-state index is 12.1. The number of amides is 1. The van der Waals surface area contributed by atoms with Crippen molar-refractivity contribution < 1.29 is 4.79 Å². The Bertz CT molecular complexity index is 448. The van der Waals surface area contributed by atoms with E-state index < -0.39 is 0 Å². The van der Waals surface area contributed by atoms with E-state index in [1.54, 1.807) is 0 Å². The van der Waals surface area contributed by atoms with Crippen LogP contribution < -0.4 is 10.2 Å². The Labute approximate surface area is 127 Å². The van der Waals surface area contributed by atoms with Crippen molar-refractivity contribution in [2.75, 3.05) is 37.6 Å². The number of nitrogens with zero attached hydrogens (tertiary/aromatic N) is 2. The Morgan fingerprint density at radius 3 is 2.38 bits per heavy atom. The Kier molecular flexibility index (Phi) is 4.76. The molecule has 1 aromatic carbocycles. The molecule has 2 fully saturated rings. The van der Waals surface area contributed by atoms with Crippen molar-refractivity contribution in [3.8, 4) is 0 Å². The zero-order valence-electron chi connectivity index (χ0n) is 12.6. The second kappa shape index (κ2) is 6.94. The van der Waals surface area contributed by atoms with Crippen molar-refractivity contribution in [3.05, 3.63) is 30.3 Å². The fourth-order valence-corrected chi connectivity index (χ4v) is 3.35. The van der Waals surface area contributed by atoms with E-state index in [0.717, 1.165) is 39.0 Å². The molecule has 1 amide bonds. The van der Waals surface area contributed by atoms with Gasteiger partial charge in [0, 0.05) is 37.9 Å². The van der Waals surface area contributed by atoms with Crippen LogP contribution in [0.4, 0.5) is 5.69 Å². The van der Waals surface area contributed by atoms with Crippen molar-refractivity contribution in [2.45, 2.75) is 31.7 Å². The normalized spacial score (nSPS) is 20.7. The van der Waals surface area contributed by atoms with Crippen LogP contribution in [-0.4, -0.2) is 49.6 Å². The molecule has 1 heterocycles. The van der Waals surface area contributed by atoms with Gasteiger partial charge in [0.1, 0.15) is 0 Å². The van der Waals surface area contributed by atoms with Gasteiger partial charge in [0.25, 0.3) is 0 Å². The number of nitrogens with one attached hydrogen (secondary N) is 1. The van der Waals surface area contributed by atoms with E-state index in [-0.39, 0.29) is 5.91 Å². The molecule has 0 bridgehead atoms. The molecule has 1 saturated carbocycles. The Morgan fingerprint density at radius 1 is 1.05 bits per heavy atom. The van der Waals surface area contributed by atoms with Crippen LogP contribution in [0, 0.1) is 0 Å². The van der Waals surface area contributed by atoms with E-state index in [1.165, 1.54) is 18.5 Å². The average molecular weight is 287 g/mol. The van der Waals surface area contributed by atoms with Crippen LogP contribution >= 0.6 is 0 Å². The lowest BCUT2D eigenvalue weighted by molar-refractivity contribution is -0.123. The van der Waals surface area contributed by atoms with Crippen LogP contribution in [0.25, 0.3) is 0 Å². The number of rotatable bonds is 4. The lowest BCUT2D eigenvalue weighted by atomic mass is 10.2. The van der Waals surface area contributed by atoms with Crippen molar-refractivity contribution in [1.29, 1.82) is 0 Å². The van der Waals surface area contributed by atoms with Crippen LogP contribution in [0.1, 0.15) is 25.7 Å². The molecule has 3 rings (SSSR count). The minimum Gasteiger partial charge on any atom is -0.369 e. The summed E-state index contributed by atoms with van der Waals surface area (Å²) in [5, 5.41) is 3.17. The maximum absolute atomic E-state index is 12.1. The summed E-state index contributed by atoms with van der Waals surface area (Å²) in [4.78, 5) is 16.7. The van der Waals surface area contributed by atoms with Gasteiger partial charge in [0.15, 0.2) is 0 Å². The van der Waals surface area contributed by atoms with Crippen molar-refractivity contribution in [3.63, 3.8) is 0 Å². The first-order chi connectivity index (χ1) is 10.3. The SMILES string of the molecule is O=C(CN1CCN(c2ccccc2)CC1)NC1CCCC1. The summed E-state index contributed by atoms with van der Waals surface area (Å²) in [7, 11) is 0. The van der Waals surface area contributed by atoms with Crippen LogP contribution in [0.3, 0.4) is 0 Å². The molecule has 4 heteroatoms. The second-order valence-electron chi connectivity index (χ2n) is 6.15. The van der Waals surface area contributed by atoms with Crippen LogP contribution in [0.2, 0.25) is 0 Å². The molecule has 2 aliphatic rings. The molecule has 0 aromatic heterocycles. The van der Waals surface area contributed by atoms with E-state index >= 15 is 0 Å². The molecule has 1 aliphatic carbocycles. The molecule has 1 saturated heterocycles. The van der Waals surface area contributed by atoms with Gasteiger partial charge in [-0.3, -0.25) is 9.69 Å². The number of para-hydroxylation sites is 1. The van der Waals surface area contributed by atoms with Gasteiger partial charge in [0.05, 0.1) is 6.54 Å².